The Morgan fingerprint density at radius 3 is 2.33 bits per heavy atom. The second kappa shape index (κ2) is 10.5. The van der Waals surface area contributed by atoms with E-state index in [1.807, 2.05) is 43.3 Å². The van der Waals surface area contributed by atoms with E-state index >= 15 is 0 Å². The van der Waals surface area contributed by atoms with Crippen molar-refractivity contribution in [2.24, 2.45) is 0 Å². The van der Waals surface area contributed by atoms with Crippen molar-refractivity contribution < 1.29 is 14.3 Å². The number of hydrogen-bond acceptors (Lipinski definition) is 3. The van der Waals surface area contributed by atoms with Crippen molar-refractivity contribution >= 4 is 23.4 Å². The highest BCUT2D eigenvalue weighted by Gasteiger charge is 2.27. The number of halogens is 1. The largest absolute Gasteiger partial charge is 0.483 e. The molecule has 0 saturated carbocycles. The summed E-state index contributed by atoms with van der Waals surface area (Å²) in [5.74, 6) is 0.220. The Hall–Kier alpha value is -2.53. The van der Waals surface area contributed by atoms with Crippen LogP contribution in [0.15, 0.2) is 48.5 Å². The Morgan fingerprint density at radius 2 is 1.73 bits per heavy atom. The zero-order valence-corrected chi connectivity index (χ0v) is 19.1. The van der Waals surface area contributed by atoms with Gasteiger partial charge in [-0.1, -0.05) is 62.7 Å². The van der Waals surface area contributed by atoms with Crippen molar-refractivity contribution in [3.05, 3.63) is 64.7 Å². The molecule has 0 unspecified atom stereocenters. The van der Waals surface area contributed by atoms with Gasteiger partial charge in [0.15, 0.2) is 6.61 Å². The van der Waals surface area contributed by atoms with Crippen LogP contribution in [0.3, 0.4) is 0 Å². The minimum absolute atomic E-state index is 0.114. The SMILES string of the molecule is CCNC(=O)[C@H](C)N(Cc1ccc(Cl)cc1)C(=O)COc1ccccc1C(C)(C)C. The molecular formula is C24H31ClN2O3. The molecule has 2 amide bonds. The Morgan fingerprint density at radius 1 is 1.10 bits per heavy atom. The van der Waals surface area contributed by atoms with Crippen molar-refractivity contribution in [1.29, 1.82) is 0 Å². The molecule has 30 heavy (non-hydrogen) atoms. The van der Waals surface area contributed by atoms with Gasteiger partial charge in [-0.15, -0.1) is 0 Å². The molecule has 162 valence electrons. The number of nitrogens with zero attached hydrogens (tertiary/aromatic N) is 1. The van der Waals surface area contributed by atoms with E-state index in [-0.39, 0.29) is 23.8 Å². The van der Waals surface area contributed by atoms with Crippen LogP contribution in [0.2, 0.25) is 5.02 Å². The van der Waals surface area contributed by atoms with Gasteiger partial charge in [0, 0.05) is 18.1 Å². The minimum atomic E-state index is -0.630. The molecule has 0 radical (unpaired) electrons. The second-order valence-corrected chi connectivity index (χ2v) is 8.69. The summed E-state index contributed by atoms with van der Waals surface area (Å²) in [5, 5.41) is 3.40. The number of carbonyl (C=O) groups is 2. The van der Waals surface area contributed by atoms with E-state index in [0.29, 0.717) is 23.9 Å². The van der Waals surface area contributed by atoms with Crippen LogP contribution in [0, 0.1) is 0 Å². The van der Waals surface area contributed by atoms with Gasteiger partial charge in [-0.3, -0.25) is 9.59 Å². The smallest absolute Gasteiger partial charge is 0.261 e. The molecule has 6 heteroatoms. The lowest BCUT2D eigenvalue weighted by molar-refractivity contribution is -0.142. The number of benzene rings is 2. The molecule has 0 bridgehead atoms. The highest BCUT2D eigenvalue weighted by Crippen LogP contribution is 2.31. The first-order chi connectivity index (χ1) is 14.1. The average molecular weight is 431 g/mol. The molecule has 0 spiro atoms. The first kappa shape index (κ1) is 23.7. The van der Waals surface area contributed by atoms with E-state index in [4.69, 9.17) is 16.3 Å². The summed E-state index contributed by atoms with van der Waals surface area (Å²) < 4.78 is 5.91. The van der Waals surface area contributed by atoms with Crippen LogP contribution in [0.5, 0.6) is 5.75 Å². The van der Waals surface area contributed by atoms with Crippen LogP contribution in [0.1, 0.15) is 45.7 Å². The molecule has 0 aliphatic carbocycles. The fraction of sp³-hybridized carbons (Fsp3) is 0.417. The van der Waals surface area contributed by atoms with Gasteiger partial charge in [0.25, 0.3) is 5.91 Å². The number of para-hydroxylation sites is 1. The maximum Gasteiger partial charge on any atom is 0.261 e. The van der Waals surface area contributed by atoms with Crippen molar-refractivity contribution in [1.82, 2.24) is 10.2 Å². The maximum absolute atomic E-state index is 13.1. The Kier molecular flexibility index (Phi) is 8.30. The van der Waals surface area contributed by atoms with E-state index in [0.717, 1.165) is 11.1 Å². The first-order valence-corrected chi connectivity index (χ1v) is 10.5. The van der Waals surface area contributed by atoms with Crippen molar-refractivity contribution in [2.45, 2.75) is 52.6 Å². The summed E-state index contributed by atoms with van der Waals surface area (Å²) in [6.45, 7) is 10.5. The molecule has 2 aromatic carbocycles. The number of amides is 2. The second-order valence-electron chi connectivity index (χ2n) is 8.25. The third-order valence-corrected chi connectivity index (χ3v) is 5.08. The lowest BCUT2D eigenvalue weighted by atomic mass is 9.86. The summed E-state index contributed by atoms with van der Waals surface area (Å²) in [4.78, 5) is 27.1. The maximum atomic E-state index is 13.1. The van der Waals surface area contributed by atoms with Gasteiger partial charge in [0.05, 0.1) is 0 Å². The van der Waals surface area contributed by atoms with Crippen LogP contribution in [0.4, 0.5) is 0 Å². The lowest BCUT2D eigenvalue weighted by Crippen LogP contribution is -2.49. The molecule has 0 aromatic heterocycles. The van der Waals surface area contributed by atoms with Gasteiger partial charge in [0.1, 0.15) is 11.8 Å². The summed E-state index contributed by atoms with van der Waals surface area (Å²) in [6, 6.07) is 14.3. The zero-order chi connectivity index (χ0) is 22.3. The van der Waals surface area contributed by atoms with Crippen LogP contribution in [-0.4, -0.2) is 35.9 Å². The zero-order valence-electron chi connectivity index (χ0n) is 18.4. The fourth-order valence-electron chi connectivity index (χ4n) is 3.13. The van der Waals surface area contributed by atoms with E-state index in [1.54, 1.807) is 19.1 Å². The summed E-state index contributed by atoms with van der Waals surface area (Å²) >= 11 is 5.97. The number of carbonyl (C=O) groups excluding carboxylic acids is 2. The quantitative estimate of drug-likeness (QED) is 0.667. The van der Waals surface area contributed by atoms with Crippen LogP contribution in [-0.2, 0) is 21.5 Å². The third-order valence-electron chi connectivity index (χ3n) is 4.83. The molecule has 2 aromatic rings. The van der Waals surface area contributed by atoms with Crippen molar-refractivity contribution in [2.75, 3.05) is 13.2 Å². The Bertz CT molecular complexity index is 859. The number of rotatable bonds is 8. The monoisotopic (exact) mass is 430 g/mol. The van der Waals surface area contributed by atoms with E-state index in [9.17, 15) is 9.59 Å². The van der Waals surface area contributed by atoms with E-state index in [2.05, 4.69) is 26.1 Å². The van der Waals surface area contributed by atoms with Gasteiger partial charge in [-0.05, 0) is 48.6 Å². The third kappa shape index (κ3) is 6.49. The normalized spacial score (nSPS) is 12.2. The Balaban J connectivity index is 2.20. The molecule has 0 saturated heterocycles. The van der Waals surface area contributed by atoms with E-state index in [1.165, 1.54) is 4.90 Å². The number of likely N-dealkylation sites (N-methyl/N-ethyl adjacent to an activating group) is 1. The first-order valence-electron chi connectivity index (χ1n) is 10.2. The molecule has 1 atom stereocenters. The van der Waals surface area contributed by atoms with Crippen molar-refractivity contribution in [3.63, 3.8) is 0 Å². The summed E-state index contributed by atoms with van der Waals surface area (Å²) in [6.07, 6.45) is 0. The molecule has 1 N–H and O–H groups in total. The summed E-state index contributed by atoms with van der Waals surface area (Å²) in [7, 11) is 0. The molecule has 2 rings (SSSR count). The number of nitrogens with one attached hydrogen (secondary N) is 1. The van der Waals surface area contributed by atoms with E-state index < -0.39 is 6.04 Å². The van der Waals surface area contributed by atoms with Gasteiger partial charge in [0.2, 0.25) is 5.91 Å². The Labute approximate surface area is 184 Å². The van der Waals surface area contributed by atoms with Crippen LogP contribution < -0.4 is 10.1 Å². The van der Waals surface area contributed by atoms with Crippen LogP contribution >= 0.6 is 11.6 Å². The van der Waals surface area contributed by atoms with Crippen molar-refractivity contribution in [3.8, 4) is 5.75 Å². The molecule has 5 nitrogen and oxygen atoms in total. The average Bonchev–Trinajstić information content (AvgIpc) is 2.70. The molecular weight excluding hydrogens is 400 g/mol. The highest BCUT2D eigenvalue weighted by molar-refractivity contribution is 6.30. The molecule has 0 heterocycles. The van der Waals surface area contributed by atoms with Gasteiger partial charge in [-0.25, -0.2) is 0 Å². The standard InChI is InChI=1S/C24H31ClN2O3/c1-6-26-23(29)17(2)27(15-18-11-13-19(25)14-12-18)22(28)16-30-21-10-8-7-9-20(21)24(3,4)5/h7-14,17H,6,15-16H2,1-5H3,(H,26,29)/t17-/m0/s1. The highest BCUT2D eigenvalue weighted by atomic mass is 35.5. The minimum Gasteiger partial charge on any atom is -0.483 e. The molecule has 0 aliphatic heterocycles. The predicted molar refractivity (Wildman–Crippen MR) is 121 cm³/mol. The van der Waals surface area contributed by atoms with Gasteiger partial charge in [-0.2, -0.15) is 0 Å². The molecule has 0 aliphatic rings. The van der Waals surface area contributed by atoms with Gasteiger partial charge < -0.3 is 15.0 Å². The number of hydrogen-bond donors (Lipinski definition) is 1. The predicted octanol–water partition coefficient (Wildman–Crippen LogP) is 4.57. The summed E-state index contributed by atoms with van der Waals surface area (Å²) in [5.41, 5.74) is 1.80. The lowest BCUT2D eigenvalue weighted by Gasteiger charge is -2.29. The van der Waals surface area contributed by atoms with Crippen LogP contribution in [0.25, 0.3) is 0 Å². The number of ether oxygens (including phenoxy) is 1. The van der Waals surface area contributed by atoms with Gasteiger partial charge >= 0.3 is 0 Å². The topological polar surface area (TPSA) is 58.6 Å². The fourth-order valence-corrected chi connectivity index (χ4v) is 3.25. The molecule has 0 fully saturated rings.